The Kier molecular flexibility index (Phi) is 4.30. The zero-order valence-electron chi connectivity index (χ0n) is 14.0. The molecule has 4 rings (SSSR count). The Morgan fingerprint density at radius 2 is 2.12 bits per heavy atom. The highest BCUT2D eigenvalue weighted by molar-refractivity contribution is 5.95. The van der Waals surface area contributed by atoms with Gasteiger partial charge in [-0.3, -0.25) is 14.7 Å². The van der Waals surface area contributed by atoms with Crippen LogP contribution in [0.4, 0.5) is 0 Å². The molecule has 8 heteroatoms. The fourth-order valence-corrected chi connectivity index (χ4v) is 3.06. The maximum atomic E-state index is 12.4. The highest BCUT2D eigenvalue weighted by Gasteiger charge is 2.28. The number of amides is 2. The topological polar surface area (TPSA) is 112 Å². The second-order valence-corrected chi connectivity index (χ2v) is 6.29. The number of allylic oxidation sites excluding steroid dienone is 1. The van der Waals surface area contributed by atoms with Crippen molar-refractivity contribution in [2.45, 2.75) is 31.7 Å². The molecule has 0 bridgehead atoms. The van der Waals surface area contributed by atoms with E-state index >= 15 is 0 Å². The third-order valence-corrected chi connectivity index (χ3v) is 4.44. The summed E-state index contributed by atoms with van der Waals surface area (Å²) in [5.41, 5.74) is 2.16. The molecule has 0 saturated carbocycles. The SMILES string of the molecule is O=C(NC1CCC2=C(N=CC2)NC1=O)c1n[nH]c(Cc2ccccc2)n1. The van der Waals surface area contributed by atoms with Crippen LogP contribution in [0.1, 0.15) is 41.3 Å². The minimum atomic E-state index is -0.626. The second-order valence-electron chi connectivity index (χ2n) is 6.29. The van der Waals surface area contributed by atoms with Gasteiger partial charge in [0.05, 0.1) is 0 Å². The van der Waals surface area contributed by atoms with E-state index in [9.17, 15) is 9.59 Å². The predicted octanol–water partition coefficient (Wildman–Crippen LogP) is 1.09. The minimum absolute atomic E-state index is 0.0338. The average molecular weight is 350 g/mol. The number of H-pyrrole nitrogens is 1. The number of hydrogen-bond donors (Lipinski definition) is 3. The molecule has 2 aliphatic rings. The molecule has 2 aromatic rings. The Bertz CT molecular complexity index is 899. The minimum Gasteiger partial charge on any atom is -0.337 e. The maximum Gasteiger partial charge on any atom is 0.291 e. The first kappa shape index (κ1) is 16.2. The number of carbonyl (C=O) groups excluding carboxylic acids is 2. The third kappa shape index (κ3) is 3.39. The summed E-state index contributed by atoms with van der Waals surface area (Å²) >= 11 is 0. The molecule has 1 atom stereocenters. The number of benzene rings is 1. The number of aromatic amines is 1. The summed E-state index contributed by atoms with van der Waals surface area (Å²) in [4.78, 5) is 33.1. The van der Waals surface area contributed by atoms with Crippen molar-refractivity contribution < 1.29 is 9.59 Å². The Morgan fingerprint density at radius 3 is 2.96 bits per heavy atom. The lowest BCUT2D eigenvalue weighted by Gasteiger charge is -2.14. The van der Waals surface area contributed by atoms with E-state index in [2.05, 4.69) is 30.8 Å². The molecule has 1 aromatic heterocycles. The summed E-state index contributed by atoms with van der Waals surface area (Å²) in [6.07, 6.45) is 4.33. The van der Waals surface area contributed by atoms with E-state index in [0.717, 1.165) is 17.6 Å². The van der Waals surface area contributed by atoms with Crippen LogP contribution in [0.25, 0.3) is 0 Å². The molecule has 132 valence electrons. The van der Waals surface area contributed by atoms with Crippen LogP contribution in [-0.2, 0) is 11.2 Å². The number of aromatic nitrogens is 3. The molecule has 3 N–H and O–H groups in total. The van der Waals surface area contributed by atoms with Crippen LogP contribution in [0.2, 0.25) is 0 Å². The largest absolute Gasteiger partial charge is 0.337 e. The number of nitrogens with zero attached hydrogens (tertiary/aromatic N) is 3. The van der Waals surface area contributed by atoms with Gasteiger partial charge in [0, 0.05) is 19.1 Å². The van der Waals surface area contributed by atoms with Gasteiger partial charge in [0.15, 0.2) is 0 Å². The van der Waals surface area contributed by atoms with Gasteiger partial charge in [-0.1, -0.05) is 30.3 Å². The van der Waals surface area contributed by atoms with Crippen molar-refractivity contribution in [2.24, 2.45) is 4.99 Å². The van der Waals surface area contributed by atoms with E-state index in [-0.39, 0.29) is 11.7 Å². The molecule has 0 radical (unpaired) electrons. The molecule has 8 nitrogen and oxygen atoms in total. The number of carbonyl (C=O) groups is 2. The lowest BCUT2D eigenvalue weighted by molar-refractivity contribution is -0.122. The van der Waals surface area contributed by atoms with Crippen molar-refractivity contribution in [3.05, 3.63) is 58.9 Å². The number of rotatable bonds is 4. The van der Waals surface area contributed by atoms with Crippen molar-refractivity contribution in [3.63, 3.8) is 0 Å². The van der Waals surface area contributed by atoms with Gasteiger partial charge in [-0.2, -0.15) is 0 Å². The van der Waals surface area contributed by atoms with Crippen molar-refractivity contribution in [1.29, 1.82) is 0 Å². The summed E-state index contributed by atoms with van der Waals surface area (Å²) in [6.45, 7) is 0. The van der Waals surface area contributed by atoms with E-state index in [1.165, 1.54) is 0 Å². The first-order valence-electron chi connectivity index (χ1n) is 8.50. The Hall–Kier alpha value is -3.29. The summed E-state index contributed by atoms with van der Waals surface area (Å²) in [5, 5.41) is 12.2. The first-order valence-corrected chi connectivity index (χ1v) is 8.50. The molecular weight excluding hydrogens is 332 g/mol. The average Bonchev–Trinajstić information content (AvgIpc) is 3.26. The summed E-state index contributed by atoms with van der Waals surface area (Å²) < 4.78 is 0. The van der Waals surface area contributed by atoms with Crippen LogP contribution in [-0.4, -0.2) is 39.3 Å². The predicted molar refractivity (Wildman–Crippen MR) is 94.4 cm³/mol. The number of nitrogens with one attached hydrogen (secondary N) is 3. The van der Waals surface area contributed by atoms with Crippen molar-refractivity contribution in [2.75, 3.05) is 0 Å². The number of aliphatic imine (C=N–C) groups is 1. The van der Waals surface area contributed by atoms with Crippen LogP contribution < -0.4 is 10.6 Å². The zero-order valence-corrected chi connectivity index (χ0v) is 14.0. The van der Waals surface area contributed by atoms with Gasteiger partial charge in [0.2, 0.25) is 11.7 Å². The van der Waals surface area contributed by atoms with Crippen molar-refractivity contribution in [3.8, 4) is 0 Å². The molecule has 2 aliphatic heterocycles. The van der Waals surface area contributed by atoms with Crippen molar-refractivity contribution >= 4 is 18.0 Å². The molecule has 0 aliphatic carbocycles. The monoisotopic (exact) mass is 350 g/mol. The molecule has 26 heavy (non-hydrogen) atoms. The molecule has 1 unspecified atom stereocenters. The summed E-state index contributed by atoms with van der Waals surface area (Å²) in [5.74, 6) is 0.525. The normalized spacial score (nSPS) is 19.1. The summed E-state index contributed by atoms with van der Waals surface area (Å²) in [7, 11) is 0. The highest BCUT2D eigenvalue weighted by atomic mass is 16.2. The molecule has 0 spiro atoms. The van der Waals surface area contributed by atoms with E-state index in [4.69, 9.17) is 0 Å². The van der Waals surface area contributed by atoms with Crippen LogP contribution >= 0.6 is 0 Å². The van der Waals surface area contributed by atoms with Crippen molar-refractivity contribution in [1.82, 2.24) is 25.8 Å². The molecule has 0 fully saturated rings. The van der Waals surface area contributed by atoms with E-state index in [1.807, 2.05) is 30.3 Å². The van der Waals surface area contributed by atoms with Gasteiger partial charge in [0.25, 0.3) is 5.91 Å². The maximum absolute atomic E-state index is 12.4. The Labute approximate surface area is 149 Å². The van der Waals surface area contributed by atoms with Crippen LogP contribution in [0.15, 0.2) is 46.7 Å². The smallest absolute Gasteiger partial charge is 0.291 e. The highest BCUT2D eigenvalue weighted by Crippen LogP contribution is 2.23. The van der Waals surface area contributed by atoms with Gasteiger partial charge >= 0.3 is 0 Å². The second kappa shape index (κ2) is 6.91. The van der Waals surface area contributed by atoms with Gasteiger partial charge in [-0.05, 0) is 24.0 Å². The van der Waals surface area contributed by atoms with Gasteiger partial charge in [-0.25, -0.2) is 9.98 Å². The van der Waals surface area contributed by atoms with E-state index in [0.29, 0.717) is 30.9 Å². The van der Waals surface area contributed by atoms with Crippen LogP contribution in [0.3, 0.4) is 0 Å². The van der Waals surface area contributed by atoms with E-state index in [1.54, 1.807) is 6.21 Å². The lowest BCUT2D eigenvalue weighted by atomic mass is 10.1. The first-order chi connectivity index (χ1) is 12.7. The summed E-state index contributed by atoms with van der Waals surface area (Å²) in [6, 6.07) is 9.16. The quantitative estimate of drug-likeness (QED) is 0.766. The lowest BCUT2D eigenvalue weighted by Crippen LogP contribution is -2.45. The van der Waals surface area contributed by atoms with Crippen LogP contribution in [0, 0.1) is 0 Å². The fourth-order valence-electron chi connectivity index (χ4n) is 3.06. The Morgan fingerprint density at radius 1 is 1.27 bits per heavy atom. The van der Waals surface area contributed by atoms with E-state index < -0.39 is 11.9 Å². The molecule has 3 heterocycles. The van der Waals surface area contributed by atoms with Gasteiger partial charge < -0.3 is 10.6 Å². The molecular formula is C18H18N6O2. The fraction of sp³-hybridized carbons (Fsp3) is 0.278. The number of hydrogen-bond acceptors (Lipinski definition) is 5. The standard InChI is InChI=1S/C18H18N6O2/c25-17-13(7-6-12-8-9-19-15(12)22-17)20-18(26)16-21-14(23-24-16)10-11-4-2-1-3-5-11/h1-5,9,13H,6-8,10H2,(H,20,26)(H,22,25)(H,21,23,24). The molecule has 1 aromatic carbocycles. The molecule has 0 saturated heterocycles. The zero-order chi connectivity index (χ0) is 17.9. The molecule has 2 amide bonds. The van der Waals surface area contributed by atoms with Gasteiger partial charge in [0.1, 0.15) is 17.7 Å². The van der Waals surface area contributed by atoms with Gasteiger partial charge in [-0.15, -0.1) is 5.10 Å². The van der Waals surface area contributed by atoms with Crippen LogP contribution in [0.5, 0.6) is 0 Å². The Balaban J connectivity index is 1.39. The third-order valence-electron chi connectivity index (χ3n) is 4.44.